The smallest absolute Gasteiger partial charge is 0.326 e. The molecule has 5 rings (SSSR count). The van der Waals surface area contributed by atoms with E-state index in [4.69, 9.17) is 11.5 Å². The van der Waals surface area contributed by atoms with Crippen LogP contribution in [0.5, 0.6) is 0 Å². The Labute approximate surface area is 283 Å². The average Bonchev–Trinajstić information content (AvgIpc) is 3.58. The van der Waals surface area contributed by atoms with E-state index in [-0.39, 0.29) is 37.7 Å². The molecule has 0 spiro atoms. The van der Waals surface area contributed by atoms with Crippen molar-refractivity contribution in [3.63, 3.8) is 0 Å². The Kier molecular flexibility index (Phi) is 11.6. The van der Waals surface area contributed by atoms with Crippen molar-refractivity contribution in [2.75, 3.05) is 24.5 Å². The molecule has 0 radical (unpaired) electrons. The van der Waals surface area contributed by atoms with Crippen LogP contribution in [-0.4, -0.2) is 77.4 Å². The number of nitrogens with one attached hydrogen (secondary N) is 2. The van der Waals surface area contributed by atoms with Crippen molar-refractivity contribution >= 4 is 52.8 Å². The summed E-state index contributed by atoms with van der Waals surface area (Å²) in [5, 5.41) is 15.4. The molecule has 2 heterocycles. The Morgan fingerprint density at radius 3 is 2.19 bits per heavy atom. The molecule has 3 aromatic rings. The van der Waals surface area contributed by atoms with E-state index in [1.807, 2.05) is 42.5 Å². The normalized spacial score (nSPS) is 16.2. The van der Waals surface area contributed by atoms with E-state index >= 15 is 0 Å². The monoisotopic (exact) mass is 671 g/mol. The number of guanidine groups is 1. The minimum absolute atomic E-state index is 0.0677. The summed E-state index contributed by atoms with van der Waals surface area (Å²) in [6, 6.07) is 22.2. The van der Waals surface area contributed by atoms with Crippen molar-refractivity contribution in [1.29, 1.82) is 0 Å². The third kappa shape index (κ3) is 8.65. The second-order valence-corrected chi connectivity index (χ2v) is 12.9. The van der Waals surface area contributed by atoms with Crippen LogP contribution in [0.1, 0.15) is 37.7 Å². The van der Waals surface area contributed by atoms with Gasteiger partial charge in [-0.1, -0.05) is 66.4 Å². The summed E-state index contributed by atoms with van der Waals surface area (Å²) >= 11 is 1.68. The molecule has 2 aliphatic rings. The molecule has 1 fully saturated rings. The van der Waals surface area contributed by atoms with Gasteiger partial charge >= 0.3 is 5.97 Å². The van der Waals surface area contributed by atoms with Gasteiger partial charge in [-0.2, -0.15) is 0 Å². The fraction of sp³-hybridized carbons (Fsp3) is 0.343. The van der Waals surface area contributed by atoms with Crippen molar-refractivity contribution in [2.45, 2.75) is 66.4 Å². The van der Waals surface area contributed by atoms with Gasteiger partial charge in [0.2, 0.25) is 17.7 Å². The molecule has 3 aromatic carbocycles. The molecule has 3 amide bonds. The quantitative estimate of drug-likeness (QED) is 0.0977. The van der Waals surface area contributed by atoms with E-state index in [9.17, 15) is 24.3 Å². The average molecular weight is 672 g/mol. The number of carbonyl (C=O) groups is 4. The first kappa shape index (κ1) is 34.3. The summed E-state index contributed by atoms with van der Waals surface area (Å²) in [4.78, 5) is 62.7. The number of hydrogen-bond donors (Lipinski definition) is 5. The molecule has 12 nitrogen and oxygen atoms in total. The lowest BCUT2D eigenvalue weighted by Gasteiger charge is -2.33. The Hall–Kier alpha value is -5.04. The zero-order valence-electron chi connectivity index (χ0n) is 26.6. The van der Waals surface area contributed by atoms with Gasteiger partial charge in [0, 0.05) is 42.3 Å². The van der Waals surface area contributed by atoms with Gasteiger partial charge in [0.05, 0.1) is 11.4 Å². The van der Waals surface area contributed by atoms with Gasteiger partial charge in [-0.05, 0) is 55.5 Å². The summed E-state index contributed by atoms with van der Waals surface area (Å²) < 4.78 is 0. The number of para-hydroxylation sites is 2. The molecule has 0 unspecified atom stereocenters. The highest BCUT2D eigenvalue weighted by Gasteiger charge is 2.39. The number of carbonyl (C=O) groups excluding carboxylic acids is 3. The number of benzene rings is 3. The number of fused-ring (bicyclic) bond motifs is 2. The van der Waals surface area contributed by atoms with Gasteiger partial charge in [-0.25, -0.2) is 4.79 Å². The summed E-state index contributed by atoms with van der Waals surface area (Å²) in [6.45, 7) is 0.972. The molecular weight excluding hydrogens is 630 g/mol. The lowest BCUT2D eigenvalue weighted by atomic mass is 10.0. The van der Waals surface area contributed by atoms with E-state index in [1.165, 1.54) is 4.90 Å². The van der Waals surface area contributed by atoms with Crippen LogP contribution in [0.15, 0.2) is 93.6 Å². The third-order valence-electron chi connectivity index (χ3n) is 8.41. The van der Waals surface area contributed by atoms with Gasteiger partial charge in [-0.15, -0.1) is 0 Å². The molecule has 0 aromatic heterocycles. The fourth-order valence-electron chi connectivity index (χ4n) is 6.08. The maximum absolute atomic E-state index is 14.0. The van der Waals surface area contributed by atoms with Crippen LogP contribution in [0.3, 0.4) is 0 Å². The van der Waals surface area contributed by atoms with E-state index < -0.39 is 35.9 Å². The molecule has 252 valence electrons. The summed E-state index contributed by atoms with van der Waals surface area (Å²) in [5.74, 6) is -2.47. The number of carboxylic acid groups (broad SMARTS) is 1. The number of aliphatic imine (C=N–C) groups is 1. The van der Waals surface area contributed by atoms with Gasteiger partial charge in [0.25, 0.3) is 0 Å². The van der Waals surface area contributed by atoms with Gasteiger partial charge in [-0.3, -0.25) is 19.4 Å². The number of aliphatic carboxylic acids is 1. The topological polar surface area (TPSA) is 183 Å². The second-order valence-electron chi connectivity index (χ2n) is 11.8. The maximum atomic E-state index is 14.0. The van der Waals surface area contributed by atoms with Crippen LogP contribution in [0.25, 0.3) is 0 Å². The fourth-order valence-corrected chi connectivity index (χ4v) is 7.18. The Balaban J connectivity index is 1.27. The lowest BCUT2D eigenvalue weighted by molar-refractivity contribution is -0.144. The Morgan fingerprint density at radius 2 is 1.54 bits per heavy atom. The zero-order valence-corrected chi connectivity index (χ0v) is 27.4. The highest BCUT2D eigenvalue weighted by Crippen LogP contribution is 2.47. The Morgan fingerprint density at radius 1 is 0.896 bits per heavy atom. The van der Waals surface area contributed by atoms with Crippen LogP contribution in [-0.2, 0) is 25.6 Å². The predicted octanol–water partition coefficient (Wildman–Crippen LogP) is 3.02. The largest absolute Gasteiger partial charge is 0.480 e. The van der Waals surface area contributed by atoms with Crippen LogP contribution < -0.4 is 27.0 Å². The van der Waals surface area contributed by atoms with E-state index in [0.717, 1.165) is 26.7 Å². The van der Waals surface area contributed by atoms with Crippen molar-refractivity contribution in [2.24, 2.45) is 16.5 Å². The second kappa shape index (κ2) is 16.2. The number of anilines is 2. The molecule has 2 aliphatic heterocycles. The molecule has 3 atom stereocenters. The van der Waals surface area contributed by atoms with Crippen LogP contribution >= 0.6 is 11.8 Å². The molecular formula is C35H41N7O5S. The summed E-state index contributed by atoms with van der Waals surface area (Å²) in [6.07, 6.45) is 1.85. The number of rotatable bonds is 14. The minimum Gasteiger partial charge on any atom is -0.480 e. The Bertz CT molecular complexity index is 1600. The highest BCUT2D eigenvalue weighted by atomic mass is 32.2. The molecule has 0 aliphatic carbocycles. The number of likely N-dealkylation sites (tertiary alicyclic amines) is 1. The molecule has 1 saturated heterocycles. The molecule has 0 saturated carbocycles. The SMILES string of the molecule is NC(N)=NCCC[C@H](NC(=O)CCN1c2ccccc2Sc2ccccc21)C(=O)N1CCC[C@H]1C(=O)N[C@@H](Cc1ccccc1)C(=O)O. The lowest BCUT2D eigenvalue weighted by Crippen LogP contribution is -2.55. The maximum Gasteiger partial charge on any atom is 0.326 e. The number of amides is 3. The van der Waals surface area contributed by atoms with Crippen molar-refractivity contribution in [3.05, 3.63) is 84.4 Å². The first-order valence-electron chi connectivity index (χ1n) is 16.1. The summed E-state index contributed by atoms with van der Waals surface area (Å²) in [7, 11) is 0. The predicted molar refractivity (Wildman–Crippen MR) is 185 cm³/mol. The molecule has 7 N–H and O–H groups in total. The number of hydrogen-bond acceptors (Lipinski definition) is 7. The third-order valence-corrected chi connectivity index (χ3v) is 9.54. The van der Waals surface area contributed by atoms with Crippen molar-refractivity contribution in [1.82, 2.24) is 15.5 Å². The first-order chi connectivity index (χ1) is 23.2. The molecule has 0 bridgehead atoms. The zero-order chi connectivity index (χ0) is 34.0. The van der Waals surface area contributed by atoms with Crippen LogP contribution in [0, 0.1) is 0 Å². The number of carboxylic acids is 1. The van der Waals surface area contributed by atoms with Crippen LogP contribution in [0.4, 0.5) is 11.4 Å². The van der Waals surface area contributed by atoms with Crippen molar-refractivity contribution < 1.29 is 24.3 Å². The van der Waals surface area contributed by atoms with Gasteiger partial charge < -0.3 is 37.0 Å². The standard InChI is InChI=1S/C35H41N7O5S/c36-35(37)38-19-8-12-24(39-31(43)18-21-41-26-13-4-6-16-29(26)48-30-17-7-5-14-27(30)41)33(45)42-20-9-15-28(42)32(44)40-25(34(46)47)22-23-10-2-1-3-11-23/h1-7,10-11,13-14,16-17,24-25,28H,8-9,12,15,18-22H2,(H,39,43)(H,40,44)(H,46,47)(H4,36,37,38)/t24-,25-,28-/m0/s1. The van der Waals surface area contributed by atoms with E-state index in [0.29, 0.717) is 32.4 Å². The first-order valence-corrected chi connectivity index (χ1v) is 16.9. The van der Waals surface area contributed by atoms with E-state index in [2.05, 4.69) is 32.7 Å². The highest BCUT2D eigenvalue weighted by molar-refractivity contribution is 7.99. The van der Waals surface area contributed by atoms with Gasteiger partial charge in [0.15, 0.2) is 5.96 Å². The van der Waals surface area contributed by atoms with Crippen LogP contribution in [0.2, 0.25) is 0 Å². The minimum atomic E-state index is -1.16. The van der Waals surface area contributed by atoms with Gasteiger partial charge in [0.1, 0.15) is 18.1 Å². The van der Waals surface area contributed by atoms with E-state index in [1.54, 1.807) is 36.0 Å². The number of nitrogens with zero attached hydrogens (tertiary/aromatic N) is 3. The van der Waals surface area contributed by atoms with Crippen molar-refractivity contribution in [3.8, 4) is 0 Å². The summed E-state index contributed by atoms with van der Waals surface area (Å²) in [5.41, 5.74) is 13.7. The number of nitrogens with two attached hydrogens (primary N) is 2. The molecule has 13 heteroatoms. The molecule has 48 heavy (non-hydrogen) atoms.